The molecule has 0 bridgehead atoms. The van der Waals surface area contributed by atoms with Crippen LogP contribution in [0.4, 0.5) is 26.7 Å². The zero-order valence-electron chi connectivity index (χ0n) is 26.0. The molecule has 1 N–H and O–H groups in total. The average Bonchev–Trinajstić information content (AvgIpc) is 3.24. The first-order valence-corrected chi connectivity index (χ1v) is 14.8. The monoisotopic (exact) mass is 643 g/mol. The number of amides is 1. The number of aromatic carboxylic acids is 1. The van der Waals surface area contributed by atoms with Crippen LogP contribution in [0.1, 0.15) is 78.7 Å². The van der Waals surface area contributed by atoms with Gasteiger partial charge in [0.2, 0.25) is 0 Å². The molecule has 5 rings (SSSR count). The standard InChI is InChI=1S/C35H34F5NO5/c1-18-10-21(12-24(11-18)35(38,39)40)31-19(2)41(33(44)46-31)17-23-16-34(3,4)9-8-25(23)26-13-20(6-7-29(26)45-5)30-27(36)14-22(32(42)43)15-28(30)37/h6-7,10-15,19,31H,8-9,16-17H2,1-5H3,(H,42,43)/t19-,31-/m0/s1. The number of carbonyl (C=O) groups excluding carboxylic acids is 1. The number of carbonyl (C=O) groups is 2. The maximum Gasteiger partial charge on any atom is 0.416 e. The zero-order chi connectivity index (χ0) is 33.7. The Bertz CT molecular complexity index is 1720. The Morgan fingerprint density at radius 1 is 1.09 bits per heavy atom. The lowest BCUT2D eigenvalue weighted by atomic mass is 9.72. The first-order valence-electron chi connectivity index (χ1n) is 14.8. The fourth-order valence-corrected chi connectivity index (χ4v) is 6.47. The lowest BCUT2D eigenvalue weighted by Crippen LogP contribution is -2.35. The molecule has 3 aromatic carbocycles. The van der Waals surface area contributed by atoms with Crippen molar-refractivity contribution in [2.45, 2.75) is 65.3 Å². The fraction of sp³-hybridized carbons (Fsp3) is 0.371. The lowest BCUT2D eigenvalue weighted by molar-refractivity contribution is -0.137. The summed E-state index contributed by atoms with van der Waals surface area (Å²) in [6, 6.07) is 9.23. The van der Waals surface area contributed by atoms with Gasteiger partial charge in [0.25, 0.3) is 0 Å². The fourth-order valence-electron chi connectivity index (χ4n) is 6.47. The van der Waals surface area contributed by atoms with Gasteiger partial charge in [-0.1, -0.05) is 31.5 Å². The van der Waals surface area contributed by atoms with Crippen LogP contribution in [0.2, 0.25) is 0 Å². The van der Waals surface area contributed by atoms with E-state index in [2.05, 4.69) is 13.8 Å². The number of halogens is 5. The summed E-state index contributed by atoms with van der Waals surface area (Å²) in [5, 5.41) is 9.20. The number of carboxylic acids is 1. The van der Waals surface area contributed by atoms with Gasteiger partial charge < -0.3 is 14.6 Å². The second-order valence-corrected chi connectivity index (χ2v) is 12.8. The molecule has 46 heavy (non-hydrogen) atoms. The number of aryl methyl sites for hydroxylation is 1. The van der Waals surface area contributed by atoms with Gasteiger partial charge >= 0.3 is 18.2 Å². The van der Waals surface area contributed by atoms with Gasteiger partial charge in [0, 0.05) is 12.1 Å². The van der Waals surface area contributed by atoms with Crippen LogP contribution in [0.5, 0.6) is 5.75 Å². The molecule has 1 fully saturated rings. The molecule has 2 atom stereocenters. The van der Waals surface area contributed by atoms with Crippen LogP contribution in [-0.4, -0.2) is 41.8 Å². The number of methoxy groups -OCH3 is 1. The molecule has 244 valence electrons. The quantitative estimate of drug-likeness (QED) is 0.260. The SMILES string of the molecule is COc1ccc(-c2c(F)cc(C(=O)O)cc2F)cc1C1=C(CN2C(=O)O[C@H](c3cc(C)cc(C(F)(F)F)c3)[C@@H]2C)CC(C)(C)CC1. The van der Waals surface area contributed by atoms with Crippen molar-refractivity contribution in [2.24, 2.45) is 5.41 Å². The van der Waals surface area contributed by atoms with Gasteiger partial charge in [0.1, 0.15) is 23.5 Å². The van der Waals surface area contributed by atoms with Gasteiger partial charge in [-0.3, -0.25) is 4.90 Å². The molecule has 1 heterocycles. The van der Waals surface area contributed by atoms with Gasteiger partial charge in [-0.15, -0.1) is 0 Å². The molecule has 0 spiro atoms. The largest absolute Gasteiger partial charge is 0.496 e. The van der Waals surface area contributed by atoms with Crippen molar-refractivity contribution in [1.82, 2.24) is 4.90 Å². The second kappa shape index (κ2) is 12.1. The molecule has 11 heteroatoms. The molecule has 0 unspecified atom stereocenters. The Morgan fingerprint density at radius 2 is 1.76 bits per heavy atom. The van der Waals surface area contributed by atoms with Crippen LogP contribution in [0.25, 0.3) is 16.7 Å². The topological polar surface area (TPSA) is 76.1 Å². The highest BCUT2D eigenvalue weighted by molar-refractivity contribution is 5.89. The maximum absolute atomic E-state index is 15.1. The summed E-state index contributed by atoms with van der Waals surface area (Å²) in [6.45, 7) is 7.58. The van der Waals surface area contributed by atoms with E-state index in [-0.39, 0.29) is 28.7 Å². The Labute approximate surface area is 263 Å². The van der Waals surface area contributed by atoms with Crippen LogP contribution >= 0.6 is 0 Å². The minimum Gasteiger partial charge on any atom is -0.496 e. The number of allylic oxidation sites excluding steroid dienone is 1. The minimum absolute atomic E-state index is 0.122. The highest BCUT2D eigenvalue weighted by Gasteiger charge is 2.42. The van der Waals surface area contributed by atoms with Crippen LogP contribution < -0.4 is 4.74 Å². The number of hydrogen-bond acceptors (Lipinski definition) is 4. The van der Waals surface area contributed by atoms with Crippen molar-refractivity contribution < 1.29 is 46.1 Å². The zero-order valence-corrected chi connectivity index (χ0v) is 26.0. The Kier molecular flexibility index (Phi) is 8.65. The number of carboxylic acid groups (broad SMARTS) is 1. The molecule has 2 aliphatic rings. The molecule has 0 saturated carbocycles. The highest BCUT2D eigenvalue weighted by Crippen LogP contribution is 2.47. The summed E-state index contributed by atoms with van der Waals surface area (Å²) in [5.41, 5.74) is 1.19. The van der Waals surface area contributed by atoms with Crippen LogP contribution in [0.15, 0.2) is 54.1 Å². The number of benzene rings is 3. The van der Waals surface area contributed by atoms with Crippen LogP contribution in [0, 0.1) is 24.0 Å². The third-order valence-corrected chi connectivity index (χ3v) is 8.78. The van der Waals surface area contributed by atoms with E-state index in [1.54, 1.807) is 32.0 Å². The van der Waals surface area contributed by atoms with E-state index in [0.717, 1.165) is 41.8 Å². The van der Waals surface area contributed by atoms with Crippen molar-refractivity contribution in [3.63, 3.8) is 0 Å². The van der Waals surface area contributed by atoms with E-state index in [0.29, 0.717) is 29.7 Å². The lowest BCUT2D eigenvalue weighted by Gasteiger charge is -2.36. The first-order chi connectivity index (χ1) is 21.5. The van der Waals surface area contributed by atoms with Gasteiger partial charge in [-0.2, -0.15) is 13.2 Å². The molecule has 3 aromatic rings. The Hall–Kier alpha value is -4.41. The summed E-state index contributed by atoms with van der Waals surface area (Å²) in [7, 11) is 1.47. The number of rotatable bonds is 7. The van der Waals surface area contributed by atoms with Crippen molar-refractivity contribution in [3.05, 3.63) is 93.6 Å². The van der Waals surface area contributed by atoms with Gasteiger partial charge in [0.05, 0.1) is 29.8 Å². The number of alkyl halides is 3. The van der Waals surface area contributed by atoms with Crippen molar-refractivity contribution >= 4 is 17.6 Å². The molecular weight excluding hydrogens is 609 g/mol. The Morgan fingerprint density at radius 3 is 2.37 bits per heavy atom. The molecular formula is C35H34F5NO5. The number of hydrogen-bond donors (Lipinski definition) is 1. The normalized spacial score (nSPS) is 19.8. The summed E-state index contributed by atoms with van der Waals surface area (Å²) >= 11 is 0. The summed E-state index contributed by atoms with van der Waals surface area (Å²) < 4.78 is 82.1. The molecule has 1 amide bonds. The molecule has 0 radical (unpaired) electrons. The van der Waals surface area contributed by atoms with E-state index >= 15 is 8.78 Å². The van der Waals surface area contributed by atoms with Crippen LogP contribution in [0.3, 0.4) is 0 Å². The Balaban J connectivity index is 1.56. The molecule has 1 aliphatic carbocycles. The maximum atomic E-state index is 15.1. The molecule has 1 aliphatic heterocycles. The van der Waals surface area contributed by atoms with Gasteiger partial charge in [0.15, 0.2) is 0 Å². The minimum atomic E-state index is -4.56. The smallest absolute Gasteiger partial charge is 0.416 e. The van der Waals surface area contributed by atoms with Crippen LogP contribution in [-0.2, 0) is 10.9 Å². The van der Waals surface area contributed by atoms with Crippen molar-refractivity contribution in [2.75, 3.05) is 13.7 Å². The molecule has 1 saturated heterocycles. The van der Waals surface area contributed by atoms with E-state index in [4.69, 9.17) is 9.47 Å². The molecule has 0 aromatic heterocycles. The number of cyclic esters (lactones) is 1. The predicted molar refractivity (Wildman–Crippen MR) is 161 cm³/mol. The first kappa shape index (κ1) is 33.0. The summed E-state index contributed by atoms with van der Waals surface area (Å²) in [5.74, 6) is -3.08. The molecule has 6 nitrogen and oxygen atoms in total. The second-order valence-electron chi connectivity index (χ2n) is 12.8. The predicted octanol–water partition coefficient (Wildman–Crippen LogP) is 9.21. The third-order valence-electron chi connectivity index (χ3n) is 8.78. The van der Waals surface area contributed by atoms with E-state index in [1.165, 1.54) is 18.1 Å². The van der Waals surface area contributed by atoms with Crippen molar-refractivity contribution in [3.8, 4) is 16.9 Å². The summed E-state index contributed by atoms with van der Waals surface area (Å²) in [6.07, 6.45) is -4.26. The number of nitrogens with zero attached hydrogens (tertiary/aromatic N) is 1. The van der Waals surface area contributed by atoms with E-state index in [1.807, 2.05) is 0 Å². The number of ether oxygens (including phenoxy) is 2. The highest BCUT2D eigenvalue weighted by atomic mass is 19.4. The van der Waals surface area contributed by atoms with E-state index in [9.17, 15) is 27.9 Å². The van der Waals surface area contributed by atoms with Gasteiger partial charge in [-0.05, 0) is 97.2 Å². The van der Waals surface area contributed by atoms with E-state index < -0.39 is 53.1 Å². The summed E-state index contributed by atoms with van der Waals surface area (Å²) in [4.78, 5) is 26.0. The van der Waals surface area contributed by atoms with Gasteiger partial charge in [-0.25, -0.2) is 18.4 Å². The third kappa shape index (κ3) is 6.45. The average molecular weight is 644 g/mol. The van der Waals surface area contributed by atoms with Crippen molar-refractivity contribution in [1.29, 1.82) is 0 Å².